The number of hydrogen-bond acceptors (Lipinski definition) is 2. The van der Waals surface area contributed by atoms with Gasteiger partial charge in [0.15, 0.2) is 0 Å². The lowest BCUT2D eigenvalue weighted by Crippen LogP contribution is -2.14. The van der Waals surface area contributed by atoms with Crippen LogP contribution in [0.2, 0.25) is 0 Å². The molecule has 1 aliphatic heterocycles. The summed E-state index contributed by atoms with van der Waals surface area (Å²) in [5.74, 6) is 4.61. The maximum absolute atomic E-state index is 11.6. The van der Waals surface area contributed by atoms with Crippen LogP contribution in [0.4, 0.5) is 0 Å². The molecule has 2 heteroatoms. The highest BCUT2D eigenvalue weighted by molar-refractivity contribution is 7.99. The van der Waals surface area contributed by atoms with Crippen molar-refractivity contribution in [2.24, 2.45) is 11.8 Å². The fourth-order valence-corrected chi connectivity index (χ4v) is 3.20. The number of rotatable bonds is 4. The summed E-state index contributed by atoms with van der Waals surface area (Å²) in [6.45, 7) is 0. The first-order valence-corrected chi connectivity index (χ1v) is 6.59. The van der Waals surface area contributed by atoms with Crippen molar-refractivity contribution in [3.05, 3.63) is 0 Å². The number of hydrogen-bond donors (Lipinski definition) is 0. The molecule has 2 fully saturated rings. The number of carbonyl (C=O) groups excluding carboxylic acids is 1. The van der Waals surface area contributed by atoms with Crippen molar-refractivity contribution in [3.63, 3.8) is 0 Å². The molecule has 0 atom stereocenters. The smallest absolute Gasteiger partial charge is 0.133 e. The molecular weight excluding hydrogens is 180 g/mol. The number of thioether (sulfide) groups is 1. The van der Waals surface area contributed by atoms with Crippen LogP contribution in [0, 0.1) is 11.8 Å². The number of ketones is 1. The lowest BCUT2D eigenvalue weighted by atomic mass is 9.94. The minimum Gasteiger partial charge on any atom is -0.300 e. The van der Waals surface area contributed by atoms with Gasteiger partial charge in [-0.05, 0) is 49.0 Å². The van der Waals surface area contributed by atoms with E-state index in [0.29, 0.717) is 5.78 Å². The first-order valence-electron chi connectivity index (χ1n) is 5.44. The van der Waals surface area contributed by atoms with Crippen LogP contribution in [0.15, 0.2) is 0 Å². The molecule has 0 aromatic heterocycles. The summed E-state index contributed by atoms with van der Waals surface area (Å²) in [4.78, 5) is 11.6. The summed E-state index contributed by atoms with van der Waals surface area (Å²) in [5, 5.41) is 0. The van der Waals surface area contributed by atoms with Gasteiger partial charge in [-0.3, -0.25) is 4.79 Å². The van der Waals surface area contributed by atoms with Gasteiger partial charge < -0.3 is 0 Å². The van der Waals surface area contributed by atoms with Gasteiger partial charge in [-0.25, -0.2) is 0 Å². The minimum atomic E-state index is 0.541. The highest BCUT2D eigenvalue weighted by Crippen LogP contribution is 2.34. The van der Waals surface area contributed by atoms with Gasteiger partial charge in [0.1, 0.15) is 5.78 Å². The van der Waals surface area contributed by atoms with Crippen molar-refractivity contribution in [3.8, 4) is 0 Å². The van der Waals surface area contributed by atoms with Crippen LogP contribution in [0.3, 0.4) is 0 Å². The molecule has 0 amide bonds. The van der Waals surface area contributed by atoms with Crippen molar-refractivity contribution < 1.29 is 4.79 Å². The predicted molar refractivity (Wildman–Crippen MR) is 57.0 cm³/mol. The third-order valence-electron chi connectivity index (χ3n) is 3.07. The molecule has 13 heavy (non-hydrogen) atoms. The molecule has 1 heterocycles. The fourth-order valence-electron chi connectivity index (χ4n) is 2.00. The zero-order chi connectivity index (χ0) is 9.10. The fraction of sp³-hybridized carbons (Fsp3) is 0.909. The van der Waals surface area contributed by atoms with Crippen LogP contribution >= 0.6 is 11.8 Å². The molecule has 1 saturated carbocycles. The molecule has 0 radical (unpaired) electrons. The molecule has 1 aliphatic carbocycles. The Kier molecular flexibility index (Phi) is 3.31. The van der Waals surface area contributed by atoms with Crippen LogP contribution in [-0.2, 0) is 4.79 Å². The summed E-state index contributed by atoms with van der Waals surface area (Å²) in [6, 6.07) is 0. The molecule has 0 aromatic rings. The van der Waals surface area contributed by atoms with E-state index in [4.69, 9.17) is 0 Å². The van der Waals surface area contributed by atoms with E-state index in [0.717, 1.165) is 24.7 Å². The van der Waals surface area contributed by atoms with E-state index in [1.807, 2.05) is 11.8 Å². The standard InChI is InChI=1S/C11H18OS/c12-11(7-9-1-2-9)8-10-3-5-13-6-4-10/h9-10H,1-8H2. The average Bonchev–Trinajstić information content (AvgIpc) is 2.90. The normalized spacial score (nSPS) is 24.6. The largest absolute Gasteiger partial charge is 0.300 e. The molecular formula is C11H18OS. The van der Waals surface area contributed by atoms with Gasteiger partial charge in [0.25, 0.3) is 0 Å². The van der Waals surface area contributed by atoms with Gasteiger partial charge in [-0.1, -0.05) is 0 Å². The third-order valence-corrected chi connectivity index (χ3v) is 4.12. The summed E-state index contributed by atoms with van der Waals surface area (Å²) in [5.41, 5.74) is 0. The summed E-state index contributed by atoms with van der Waals surface area (Å²) in [7, 11) is 0. The van der Waals surface area contributed by atoms with Crippen molar-refractivity contribution in [1.82, 2.24) is 0 Å². The molecule has 0 N–H and O–H groups in total. The molecule has 0 spiro atoms. The Morgan fingerprint density at radius 2 is 1.54 bits per heavy atom. The Hall–Kier alpha value is 0.0200. The first-order chi connectivity index (χ1) is 6.34. The van der Waals surface area contributed by atoms with E-state index in [1.54, 1.807) is 0 Å². The lowest BCUT2D eigenvalue weighted by molar-refractivity contribution is -0.120. The third kappa shape index (κ3) is 3.34. The summed E-state index contributed by atoms with van der Waals surface area (Å²) < 4.78 is 0. The van der Waals surface area contributed by atoms with Crippen molar-refractivity contribution in [2.75, 3.05) is 11.5 Å². The highest BCUT2D eigenvalue weighted by atomic mass is 32.2. The van der Waals surface area contributed by atoms with E-state index < -0.39 is 0 Å². The molecule has 1 saturated heterocycles. The Labute approximate surface area is 84.7 Å². The monoisotopic (exact) mass is 198 g/mol. The molecule has 0 unspecified atom stereocenters. The molecule has 74 valence electrons. The van der Waals surface area contributed by atoms with Crippen LogP contribution in [-0.4, -0.2) is 17.3 Å². The van der Waals surface area contributed by atoms with Crippen molar-refractivity contribution in [2.45, 2.75) is 38.5 Å². The lowest BCUT2D eigenvalue weighted by Gasteiger charge is -2.20. The van der Waals surface area contributed by atoms with Crippen LogP contribution in [0.25, 0.3) is 0 Å². The Morgan fingerprint density at radius 1 is 1.00 bits per heavy atom. The molecule has 1 nitrogen and oxygen atoms in total. The second-order valence-electron chi connectivity index (χ2n) is 4.45. The zero-order valence-corrected chi connectivity index (χ0v) is 8.94. The second-order valence-corrected chi connectivity index (χ2v) is 5.67. The van der Waals surface area contributed by atoms with Crippen molar-refractivity contribution in [1.29, 1.82) is 0 Å². The highest BCUT2D eigenvalue weighted by Gasteiger charge is 2.25. The Bertz CT molecular complexity index is 181. The van der Waals surface area contributed by atoms with Crippen LogP contribution in [0.5, 0.6) is 0 Å². The van der Waals surface area contributed by atoms with Gasteiger partial charge in [-0.2, -0.15) is 11.8 Å². The number of Topliss-reactive ketones (excluding diaryl/α,β-unsaturated/α-hetero) is 1. The molecule has 2 rings (SSSR count). The van der Waals surface area contributed by atoms with Gasteiger partial charge in [-0.15, -0.1) is 0 Å². The van der Waals surface area contributed by atoms with Gasteiger partial charge in [0.2, 0.25) is 0 Å². The quantitative estimate of drug-likeness (QED) is 0.691. The van der Waals surface area contributed by atoms with Crippen LogP contribution in [0.1, 0.15) is 38.5 Å². The first kappa shape index (κ1) is 9.57. The van der Waals surface area contributed by atoms with Gasteiger partial charge in [0, 0.05) is 12.8 Å². The number of carbonyl (C=O) groups is 1. The van der Waals surface area contributed by atoms with E-state index in [9.17, 15) is 4.79 Å². The molecule has 2 aliphatic rings. The summed E-state index contributed by atoms with van der Waals surface area (Å²) >= 11 is 2.04. The maximum Gasteiger partial charge on any atom is 0.133 e. The van der Waals surface area contributed by atoms with Crippen LogP contribution < -0.4 is 0 Å². The van der Waals surface area contributed by atoms with Gasteiger partial charge >= 0.3 is 0 Å². The Balaban J connectivity index is 1.66. The predicted octanol–water partition coefficient (Wildman–Crippen LogP) is 2.89. The SMILES string of the molecule is O=C(CC1CCSCC1)CC1CC1. The Morgan fingerprint density at radius 3 is 2.08 bits per heavy atom. The van der Waals surface area contributed by atoms with Gasteiger partial charge in [0.05, 0.1) is 0 Å². The van der Waals surface area contributed by atoms with E-state index in [1.165, 1.54) is 37.2 Å². The van der Waals surface area contributed by atoms with E-state index in [2.05, 4.69) is 0 Å². The zero-order valence-electron chi connectivity index (χ0n) is 8.13. The summed E-state index contributed by atoms with van der Waals surface area (Å²) in [6.07, 6.45) is 6.96. The second kappa shape index (κ2) is 4.50. The minimum absolute atomic E-state index is 0.541. The van der Waals surface area contributed by atoms with E-state index in [-0.39, 0.29) is 0 Å². The van der Waals surface area contributed by atoms with Crippen molar-refractivity contribution >= 4 is 17.5 Å². The molecule has 0 aromatic carbocycles. The average molecular weight is 198 g/mol. The topological polar surface area (TPSA) is 17.1 Å². The van der Waals surface area contributed by atoms with E-state index >= 15 is 0 Å². The molecule has 0 bridgehead atoms. The maximum atomic E-state index is 11.6.